The molecule has 0 unspecified atom stereocenters. The van der Waals surface area contributed by atoms with E-state index < -0.39 is 0 Å². The Labute approximate surface area is 225 Å². The van der Waals surface area contributed by atoms with Gasteiger partial charge in [-0.3, -0.25) is 0 Å². The van der Waals surface area contributed by atoms with E-state index in [1.165, 1.54) is 100 Å². The van der Waals surface area contributed by atoms with E-state index in [0.717, 1.165) is 12.0 Å². The van der Waals surface area contributed by atoms with Gasteiger partial charge in [0.25, 0.3) is 0 Å². The molecule has 1 saturated carbocycles. The molecule has 0 atom stereocenters. The van der Waals surface area contributed by atoms with Crippen molar-refractivity contribution >= 4 is 0 Å². The zero-order valence-corrected chi connectivity index (χ0v) is 23.4. The van der Waals surface area contributed by atoms with Crippen molar-refractivity contribution in [2.45, 2.75) is 77.7 Å². The third-order valence-electron chi connectivity index (χ3n) is 8.20. The average molecular weight is 528 g/mol. The van der Waals surface area contributed by atoms with Crippen LogP contribution in [0.3, 0.4) is 0 Å². The van der Waals surface area contributed by atoms with E-state index in [4.69, 9.17) is 4.74 Å². The van der Waals surface area contributed by atoms with Gasteiger partial charge in [0.1, 0.15) is 6.54 Å². The number of halogens is 1. The zero-order valence-electron chi connectivity index (χ0n) is 20.5. The number of nitrogens with zero attached hydrogens (tertiary/aromatic N) is 1. The second kappa shape index (κ2) is 12.8. The number of hydrogen-bond acceptors (Lipinski definition) is 1. The van der Waals surface area contributed by atoms with Gasteiger partial charge in [-0.25, -0.2) is 4.39 Å². The fourth-order valence-corrected chi connectivity index (χ4v) is 6.18. The van der Waals surface area contributed by atoms with Crippen LogP contribution in [-0.4, -0.2) is 30.7 Å². The number of rotatable bonds is 9. The van der Waals surface area contributed by atoms with Gasteiger partial charge in [-0.2, -0.15) is 0 Å². The molecule has 2 nitrogen and oxygen atoms in total. The topological polar surface area (TPSA) is 9.23 Å². The molecule has 0 N–H and O–H groups in total. The molecule has 0 bridgehead atoms. The maximum atomic E-state index is 14.2. The summed E-state index contributed by atoms with van der Waals surface area (Å²) >= 11 is 0. The minimum Gasteiger partial charge on any atom is -0.490 e. The normalized spacial score (nSPS) is 19.5. The number of benzene rings is 2. The Morgan fingerprint density at radius 3 is 2.21 bits per heavy atom. The molecule has 2 aromatic rings. The molecule has 1 heterocycles. The SMILES string of the molecule is Cc1cccc(F)c1OCCC1(CC[N+]2(Cc3ccccc3)CCCCCC2)CCCC1.[Y]. The Hall–Kier alpha value is -0.766. The molecule has 33 heavy (non-hydrogen) atoms. The predicted octanol–water partition coefficient (Wildman–Crippen LogP) is 7.44. The molecule has 177 valence electrons. The largest absolute Gasteiger partial charge is 0.490 e. The van der Waals surface area contributed by atoms with Gasteiger partial charge in [-0.15, -0.1) is 0 Å². The summed E-state index contributed by atoms with van der Waals surface area (Å²) in [5.74, 6) is 0.211. The average Bonchev–Trinajstić information content (AvgIpc) is 3.14. The van der Waals surface area contributed by atoms with Crippen molar-refractivity contribution in [3.05, 3.63) is 65.5 Å². The van der Waals surface area contributed by atoms with Crippen LogP contribution in [0.2, 0.25) is 0 Å². The summed E-state index contributed by atoms with van der Waals surface area (Å²) in [5.41, 5.74) is 2.74. The second-order valence-corrected chi connectivity index (χ2v) is 10.5. The van der Waals surface area contributed by atoms with Crippen LogP contribution in [0, 0.1) is 18.2 Å². The Morgan fingerprint density at radius 1 is 0.848 bits per heavy atom. The molecule has 1 saturated heterocycles. The third-order valence-corrected chi connectivity index (χ3v) is 8.20. The maximum absolute atomic E-state index is 14.2. The van der Waals surface area contributed by atoms with Crippen molar-refractivity contribution in [2.24, 2.45) is 5.41 Å². The molecule has 1 radical (unpaired) electrons. The van der Waals surface area contributed by atoms with Crippen molar-refractivity contribution in [2.75, 3.05) is 26.2 Å². The molecular weight excluding hydrogens is 486 g/mol. The quantitative estimate of drug-likeness (QED) is 0.308. The van der Waals surface area contributed by atoms with E-state index in [2.05, 4.69) is 30.3 Å². The summed E-state index contributed by atoms with van der Waals surface area (Å²) in [6.45, 7) is 7.63. The number of aryl methyl sites for hydroxylation is 1. The monoisotopic (exact) mass is 527 g/mol. The molecular formula is C29H41FNOY+. The van der Waals surface area contributed by atoms with Crippen molar-refractivity contribution in [1.82, 2.24) is 0 Å². The van der Waals surface area contributed by atoms with E-state index in [-0.39, 0.29) is 38.5 Å². The Kier molecular flexibility index (Phi) is 10.4. The van der Waals surface area contributed by atoms with Gasteiger partial charge in [0.15, 0.2) is 11.6 Å². The van der Waals surface area contributed by atoms with Crippen LogP contribution < -0.4 is 4.74 Å². The Bertz CT molecular complexity index is 822. The first-order valence-corrected chi connectivity index (χ1v) is 12.9. The van der Waals surface area contributed by atoms with Gasteiger partial charge in [0.2, 0.25) is 0 Å². The molecule has 4 heteroatoms. The van der Waals surface area contributed by atoms with Gasteiger partial charge < -0.3 is 9.22 Å². The van der Waals surface area contributed by atoms with Crippen LogP contribution in [-0.2, 0) is 39.3 Å². The molecule has 2 fully saturated rings. The summed E-state index contributed by atoms with van der Waals surface area (Å²) in [4.78, 5) is 0. The third kappa shape index (κ3) is 7.36. The van der Waals surface area contributed by atoms with Gasteiger partial charge in [0.05, 0.1) is 26.2 Å². The summed E-state index contributed by atoms with van der Waals surface area (Å²) < 4.78 is 21.5. The molecule has 0 spiro atoms. The van der Waals surface area contributed by atoms with Crippen molar-refractivity contribution in [3.63, 3.8) is 0 Å². The van der Waals surface area contributed by atoms with Gasteiger partial charge in [-0.05, 0) is 68.9 Å². The molecule has 2 aliphatic rings. The van der Waals surface area contributed by atoms with Crippen molar-refractivity contribution in [1.29, 1.82) is 0 Å². The fourth-order valence-electron chi connectivity index (χ4n) is 6.18. The summed E-state index contributed by atoms with van der Waals surface area (Å²) in [7, 11) is 0. The molecule has 1 aliphatic heterocycles. The number of hydrogen-bond donors (Lipinski definition) is 0. The van der Waals surface area contributed by atoms with Crippen molar-refractivity contribution in [3.8, 4) is 5.75 Å². The van der Waals surface area contributed by atoms with Crippen LogP contribution in [0.25, 0.3) is 0 Å². The van der Waals surface area contributed by atoms with E-state index >= 15 is 0 Å². The predicted molar refractivity (Wildman–Crippen MR) is 130 cm³/mol. The van der Waals surface area contributed by atoms with E-state index in [1.807, 2.05) is 13.0 Å². The van der Waals surface area contributed by atoms with Gasteiger partial charge >= 0.3 is 0 Å². The van der Waals surface area contributed by atoms with E-state index in [1.54, 1.807) is 6.07 Å². The summed E-state index contributed by atoms with van der Waals surface area (Å²) in [6, 6.07) is 16.3. The van der Waals surface area contributed by atoms with Crippen LogP contribution in [0.5, 0.6) is 5.75 Å². The van der Waals surface area contributed by atoms with E-state index in [9.17, 15) is 4.39 Å². The molecule has 0 aromatic heterocycles. The maximum Gasteiger partial charge on any atom is 0.165 e. The van der Waals surface area contributed by atoms with Gasteiger partial charge in [0, 0.05) is 44.7 Å². The number of quaternary nitrogens is 1. The zero-order chi connectivity index (χ0) is 22.3. The minimum absolute atomic E-state index is 0. The van der Waals surface area contributed by atoms with Crippen LogP contribution in [0.1, 0.15) is 75.3 Å². The summed E-state index contributed by atoms with van der Waals surface area (Å²) in [5, 5.41) is 0. The first-order valence-electron chi connectivity index (χ1n) is 12.9. The van der Waals surface area contributed by atoms with Crippen LogP contribution >= 0.6 is 0 Å². The van der Waals surface area contributed by atoms with Crippen LogP contribution in [0.15, 0.2) is 48.5 Å². The number of ether oxygens (including phenoxy) is 1. The minimum atomic E-state index is -0.234. The van der Waals surface area contributed by atoms with Crippen LogP contribution in [0.4, 0.5) is 4.39 Å². The standard InChI is InChI=1S/C29H41FNO.Y/c1-25-12-11-15-27(30)28(25)32-23-19-29(16-7-8-17-29)18-22-31(20-9-2-3-10-21-31)24-26-13-5-4-6-14-26;/h4-6,11-15H,2-3,7-10,16-24H2,1H3;/q+1;. The number of para-hydroxylation sites is 1. The number of likely N-dealkylation sites (tertiary alicyclic amines) is 1. The van der Waals surface area contributed by atoms with E-state index in [0.29, 0.717) is 17.8 Å². The smallest absolute Gasteiger partial charge is 0.165 e. The fraction of sp³-hybridized carbons (Fsp3) is 0.586. The molecule has 0 amide bonds. The summed E-state index contributed by atoms with van der Waals surface area (Å²) in [6.07, 6.45) is 13.1. The first kappa shape index (κ1) is 26.8. The van der Waals surface area contributed by atoms with Gasteiger partial charge in [-0.1, -0.05) is 55.3 Å². The molecule has 2 aromatic carbocycles. The van der Waals surface area contributed by atoms with Crippen molar-refractivity contribution < 1.29 is 46.3 Å². The molecule has 1 aliphatic carbocycles. The Balaban J connectivity index is 0.00000306. The first-order chi connectivity index (χ1) is 15.6. The second-order valence-electron chi connectivity index (χ2n) is 10.5. The molecule has 4 rings (SSSR count). The Morgan fingerprint density at radius 2 is 1.55 bits per heavy atom.